The molecule has 2 atom stereocenters. The Morgan fingerprint density at radius 2 is 1.60 bits per heavy atom. The first-order chi connectivity index (χ1) is 16.9. The highest BCUT2D eigenvalue weighted by molar-refractivity contribution is 5.79. The van der Waals surface area contributed by atoms with Crippen LogP contribution in [0.15, 0.2) is 48.5 Å². The molecule has 0 radical (unpaired) electrons. The fraction of sp³-hybridized carbons (Fsp3) is 0.464. The highest BCUT2D eigenvalue weighted by Crippen LogP contribution is 2.44. The van der Waals surface area contributed by atoms with Crippen molar-refractivity contribution in [3.63, 3.8) is 0 Å². The summed E-state index contributed by atoms with van der Waals surface area (Å²) in [4.78, 5) is 38.0. The SMILES string of the molecule is C[C@@H]1CN(C(=O)CC2CC(NC(=O)OCC3c4ccccc4-c4ccccc43)C2)C[C@H]1CC(=O)O. The lowest BCUT2D eigenvalue weighted by molar-refractivity contribution is -0.138. The maximum Gasteiger partial charge on any atom is 0.407 e. The highest BCUT2D eigenvalue weighted by atomic mass is 16.5. The number of alkyl carbamates (subject to hydrolysis) is 1. The molecule has 2 amide bonds. The summed E-state index contributed by atoms with van der Waals surface area (Å²) in [7, 11) is 0. The fourth-order valence-corrected chi connectivity index (χ4v) is 5.93. The minimum atomic E-state index is -0.808. The second kappa shape index (κ2) is 9.72. The van der Waals surface area contributed by atoms with Crippen LogP contribution in [0.3, 0.4) is 0 Å². The summed E-state index contributed by atoms with van der Waals surface area (Å²) < 4.78 is 5.63. The molecule has 2 fully saturated rings. The summed E-state index contributed by atoms with van der Waals surface area (Å²) in [6.07, 6.45) is 1.68. The molecule has 2 aliphatic carbocycles. The molecule has 0 bridgehead atoms. The molecule has 5 rings (SSSR count). The molecule has 1 heterocycles. The lowest BCUT2D eigenvalue weighted by Gasteiger charge is -2.36. The second-order valence-electron chi connectivity index (χ2n) is 10.3. The summed E-state index contributed by atoms with van der Waals surface area (Å²) in [5, 5.41) is 12.0. The Hall–Kier alpha value is -3.35. The van der Waals surface area contributed by atoms with Gasteiger partial charge in [0, 0.05) is 31.5 Å². The Balaban J connectivity index is 1.06. The third kappa shape index (κ3) is 4.90. The number of likely N-dealkylation sites (tertiary alicyclic amines) is 1. The molecule has 1 aliphatic heterocycles. The van der Waals surface area contributed by atoms with E-state index in [4.69, 9.17) is 9.84 Å². The Labute approximate surface area is 205 Å². The standard InChI is InChI=1S/C28H32N2O5/c1-17-14-30(15-19(17)13-27(32)33)26(31)12-18-10-20(11-18)29-28(34)35-16-25-23-8-4-2-6-21(23)22-7-3-5-9-24(22)25/h2-9,17-20,25H,10-16H2,1H3,(H,29,34)(H,32,33)/t17-,18?,19-,20?/m1/s1. The van der Waals surface area contributed by atoms with Gasteiger partial charge in [0.25, 0.3) is 0 Å². The Kier molecular flexibility index (Phi) is 6.50. The molecule has 0 aromatic heterocycles. The number of hydrogen-bond acceptors (Lipinski definition) is 4. The minimum absolute atomic E-state index is 0.0284. The minimum Gasteiger partial charge on any atom is -0.481 e. The second-order valence-corrected chi connectivity index (χ2v) is 10.3. The molecule has 2 aromatic rings. The maximum absolute atomic E-state index is 12.7. The average molecular weight is 477 g/mol. The van der Waals surface area contributed by atoms with E-state index >= 15 is 0 Å². The van der Waals surface area contributed by atoms with Crippen molar-refractivity contribution in [1.82, 2.24) is 10.2 Å². The number of carboxylic acids is 1. The number of carbonyl (C=O) groups excluding carboxylic acids is 2. The van der Waals surface area contributed by atoms with Crippen LogP contribution in [0.4, 0.5) is 4.79 Å². The van der Waals surface area contributed by atoms with Gasteiger partial charge in [-0.1, -0.05) is 55.5 Å². The average Bonchev–Trinajstić information content (AvgIpc) is 3.33. The monoisotopic (exact) mass is 476 g/mol. The molecule has 3 aliphatic rings. The number of hydrogen-bond donors (Lipinski definition) is 2. The van der Waals surface area contributed by atoms with Gasteiger partial charge in [0.05, 0.1) is 6.42 Å². The van der Waals surface area contributed by atoms with Crippen LogP contribution in [0, 0.1) is 17.8 Å². The lowest BCUT2D eigenvalue weighted by atomic mass is 9.78. The molecule has 7 heteroatoms. The zero-order valence-electron chi connectivity index (χ0n) is 20.0. The van der Waals surface area contributed by atoms with Gasteiger partial charge in [0.2, 0.25) is 5.91 Å². The molecule has 0 spiro atoms. The van der Waals surface area contributed by atoms with E-state index in [-0.39, 0.29) is 42.0 Å². The van der Waals surface area contributed by atoms with Crippen molar-refractivity contribution < 1.29 is 24.2 Å². The summed E-state index contributed by atoms with van der Waals surface area (Å²) in [6.45, 7) is 3.46. The van der Waals surface area contributed by atoms with Crippen LogP contribution in [0.2, 0.25) is 0 Å². The Bertz CT molecular complexity index is 1080. The van der Waals surface area contributed by atoms with Crippen molar-refractivity contribution in [2.24, 2.45) is 17.8 Å². The molecule has 35 heavy (non-hydrogen) atoms. The lowest BCUT2D eigenvalue weighted by Crippen LogP contribution is -2.46. The number of fused-ring (bicyclic) bond motifs is 3. The normalized spacial score (nSPS) is 24.9. The number of ether oxygens (including phenoxy) is 1. The van der Waals surface area contributed by atoms with Gasteiger partial charge in [-0.25, -0.2) is 4.79 Å². The Morgan fingerprint density at radius 3 is 2.23 bits per heavy atom. The summed E-state index contributed by atoms with van der Waals surface area (Å²) in [6, 6.07) is 16.5. The molecule has 184 valence electrons. The van der Waals surface area contributed by atoms with E-state index in [9.17, 15) is 14.4 Å². The van der Waals surface area contributed by atoms with Crippen LogP contribution in [0.5, 0.6) is 0 Å². The summed E-state index contributed by atoms with van der Waals surface area (Å²) >= 11 is 0. The number of rotatable bonds is 7. The number of carbonyl (C=O) groups is 3. The van der Waals surface area contributed by atoms with Crippen LogP contribution in [0.1, 0.15) is 49.7 Å². The summed E-state index contributed by atoms with van der Waals surface area (Å²) in [5.41, 5.74) is 4.77. The predicted molar refractivity (Wildman–Crippen MR) is 131 cm³/mol. The predicted octanol–water partition coefficient (Wildman–Crippen LogP) is 4.26. The van der Waals surface area contributed by atoms with Crippen molar-refractivity contribution in [3.05, 3.63) is 59.7 Å². The van der Waals surface area contributed by atoms with Gasteiger partial charge < -0.3 is 20.1 Å². The molecule has 7 nitrogen and oxygen atoms in total. The van der Waals surface area contributed by atoms with Crippen LogP contribution in [-0.2, 0) is 14.3 Å². The van der Waals surface area contributed by atoms with E-state index in [1.54, 1.807) is 0 Å². The van der Waals surface area contributed by atoms with E-state index in [0.717, 1.165) is 12.8 Å². The van der Waals surface area contributed by atoms with E-state index in [0.29, 0.717) is 26.1 Å². The van der Waals surface area contributed by atoms with Crippen LogP contribution in [0.25, 0.3) is 11.1 Å². The van der Waals surface area contributed by atoms with Crippen molar-refractivity contribution in [3.8, 4) is 11.1 Å². The Morgan fingerprint density at radius 1 is 0.971 bits per heavy atom. The van der Waals surface area contributed by atoms with Gasteiger partial charge in [0.15, 0.2) is 0 Å². The largest absolute Gasteiger partial charge is 0.481 e. The van der Waals surface area contributed by atoms with Crippen molar-refractivity contribution in [2.75, 3.05) is 19.7 Å². The van der Waals surface area contributed by atoms with E-state index in [2.05, 4.69) is 29.6 Å². The fourth-order valence-electron chi connectivity index (χ4n) is 5.93. The third-order valence-corrected chi connectivity index (χ3v) is 7.92. The zero-order chi connectivity index (χ0) is 24.5. The number of benzene rings is 2. The van der Waals surface area contributed by atoms with Gasteiger partial charge in [-0.3, -0.25) is 9.59 Å². The number of carboxylic acid groups (broad SMARTS) is 1. The first-order valence-electron chi connectivity index (χ1n) is 12.5. The number of amides is 2. The van der Waals surface area contributed by atoms with Gasteiger partial charge in [-0.2, -0.15) is 0 Å². The van der Waals surface area contributed by atoms with Crippen LogP contribution < -0.4 is 5.32 Å². The van der Waals surface area contributed by atoms with Crippen molar-refractivity contribution in [1.29, 1.82) is 0 Å². The molecular weight excluding hydrogens is 444 g/mol. The zero-order valence-corrected chi connectivity index (χ0v) is 20.0. The van der Waals surface area contributed by atoms with Gasteiger partial charge in [-0.05, 0) is 52.8 Å². The summed E-state index contributed by atoms with van der Waals surface area (Å²) in [5.74, 6) is -0.199. The topological polar surface area (TPSA) is 95.9 Å². The number of nitrogens with zero attached hydrogens (tertiary/aromatic N) is 1. The van der Waals surface area contributed by atoms with Crippen molar-refractivity contribution >= 4 is 18.0 Å². The van der Waals surface area contributed by atoms with E-state index < -0.39 is 12.1 Å². The molecule has 1 saturated heterocycles. The molecule has 1 saturated carbocycles. The molecule has 2 aromatic carbocycles. The smallest absolute Gasteiger partial charge is 0.407 e. The van der Waals surface area contributed by atoms with Gasteiger partial charge in [0.1, 0.15) is 6.61 Å². The van der Waals surface area contributed by atoms with Crippen molar-refractivity contribution in [2.45, 2.75) is 44.6 Å². The molecule has 0 unspecified atom stereocenters. The maximum atomic E-state index is 12.7. The number of aliphatic carboxylic acids is 1. The van der Waals surface area contributed by atoms with Gasteiger partial charge in [-0.15, -0.1) is 0 Å². The molecular formula is C28H32N2O5. The first-order valence-corrected chi connectivity index (χ1v) is 12.5. The van der Waals surface area contributed by atoms with Crippen LogP contribution in [-0.4, -0.2) is 53.7 Å². The number of nitrogens with one attached hydrogen (secondary N) is 1. The van der Waals surface area contributed by atoms with Gasteiger partial charge >= 0.3 is 12.1 Å². The first kappa shape index (κ1) is 23.4. The highest BCUT2D eigenvalue weighted by Gasteiger charge is 2.37. The van der Waals surface area contributed by atoms with E-state index in [1.165, 1.54) is 22.3 Å². The quantitative estimate of drug-likeness (QED) is 0.622. The third-order valence-electron chi connectivity index (χ3n) is 7.92. The molecule has 2 N–H and O–H groups in total. The van der Waals surface area contributed by atoms with E-state index in [1.807, 2.05) is 36.1 Å². The van der Waals surface area contributed by atoms with Crippen LogP contribution >= 0.6 is 0 Å².